The average molecular weight is 277 g/mol. The number of hydrogen-bond acceptors (Lipinski definition) is 4. The number of ether oxygens (including phenoxy) is 1. The van der Waals surface area contributed by atoms with E-state index in [1.165, 1.54) is 0 Å². The van der Waals surface area contributed by atoms with Gasteiger partial charge in [0.15, 0.2) is 0 Å². The third-order valence-electron chi connectivity index (χ3n) is 3.45. The summed E-state index contributed by atoms with van der Waals surface area (Å²) in [6, 6.07) is 7.74. The van der Waals surface area contributed by atoms with Crippen LogP contribution < -0.4 is 15.4 Å². The van der Waals surface area contributed by atoms with E-state index >= 15 is 0 Å². The Bertz CT molecular complexity index is 412. The van der Waals surface area contributed by atoms with Crippen molar-refractivity contribution in [2.75, 3.05) is 39.8 Å². The van der Waals surface area contributed by atoms with Gasteiger partial charge in [-0.1, -0.05) is 12.1 Å². The third-order valence-corrected chi connectivity index (χ3v) is 3.45. The predicted molar refractivity (Wildman–Crippen MR) is 78.8 cm³/mol. The standard InChI is InChI=1S/C15H23N3O2/c1-20-14-5-3-13(4-6-14)11-17-15(19)12-18-9-2-7-16-8-10-18/h3-6,16H,2,7-12H2,1H3,(H,17,19). The first-order valence-corrected chi connectivity index (χ1v) is 7.10. The summed E-state index contributed by atoms with van der Waals surface area (Å²) >= 11 is 0. The van der Waals surface area contributed by atoms with Gasteiger partial charge < -0.3 is 15.4 Å². The molecule has 0 bridgehead atoms. The molecule has 2 rings (SSSR count). The summed E-state index contributed by atoms with van der Waals surface area (Å²) in [7, 11) is 1.65. The number of carbonyl (C=O) groups excluding carboxylic acids is 1. The number of carbonyl (C=O) groups is 1. The van der Waals surface area contributed by atoms with Gasteiger partial charge in [-0.2, -0.15) is 0 Å². The van der Waals surface area contributed by atoms with Gasteiger partial charge in [0.25, 0.3) is 0 Å². The molecule has 0 radical (unpaired) electrons. The maximum absolute atomic E-state index is 11.9. The minimum absolute atomic E-state index is 0.0859. The third kappa shape index (κ3) is 4.83. The van der Waals surface area contributed by atoms with Gasteiger partial charge >= 0.3 is 0 Å². The van der Waals surface area contributed by atoms with Gasteiger partial charge in [-0.25, -0.2) is 0 Å². The van der Waals surface area contributed by atoms with Crippen molar-refractivity contribution < 1.29 is 9.53 Å². The molecule has 5 heteroatoms. The second-order valence-corrected chi connectivity index (χ2v) is 5.00. The van der Waals surface area contributed by atoms with Crippen molar-refractivity contribution in [3.05, 3.63) is 29.8 Å². The van der Waals surface area contributed by atoms with E-state index in [0.717, 1.165) is 43.9 Å². The lowest BCUT2D eigenvalue weighted by Gasteiger charge is -2.18. The average Bonchev–Trinajstić information content (AvgIpc) is 2.74. The van der Waals surface area contributed by atoms with Crippen molar-refractivity contribution in [3.63, 3.8) is 0 Å². The molecule has 0 aromatic heterocycles. The minimum Gasteiger partial charge on any atom is -0.497 e. The van der Waals surface area contributed by atoms with Gasteiger partial charge in [-0.05, 0) is 37.2 Å². The van der Waals surface area contributed by atoms with Gasteiger partial charge in [0.2, 0.25) is 5.91 Å². The fraction of sp³-hybridized carbons (Fsp3) is 0.533. The van der Waals surface area contributed by atoms with E-state index in [1.54, 1.807) is 7.11 Å². The van der Waals surface area contributed by atoms with Gasteiger partial charge in [0.1, 0.15) is 5.75 Å². The molecular formula is C15H23N3O2. The molecule has 0 aliphatic carbocycles. The summed E-state index contributed by atoms with van der Waals surface area (Å²) in [5.41, 5.74) is 1.08. The Hall–Kier alpha value is -1.59. The molecule has 1 aromatic rings. The summed E-state index contributed by atoms with van der Waals surface area (Å²) < 4.78 is 5.11. The maximum atomic E-state index is 11.9. The summed E-state index contributed by atoms with van der Waals surface area (Å²) in [5, 5.41) is 6.30. The zero-order valence-corrected chi connectivity index (χ0v) is 12.0. The zero-order chi connectivity index (χ0) is 14.2. The van der Waals surface area contributed by atoms with Gasteiger partial charge in [-0.3, -0.25) is 9.69 Å². The molecule has 1 aliphatic heterocycles. The largest absolute Gasteiger partial charge is 0.497 e. The molecule has 2 N–H and O–H groups in total. The fourth-order valence-electron chi connectivity index (χ4n) is 2.26. The highest BCUT2D eigenvalue weighted by Crippen LogP contribution is 2.10. The van der Waals surface area contributed by atoms with Crippen LogP contribution in [0.4, 0.5) is 0 Å². The van der Waals surface area contributed by atoms with Crippen LogP contribution in [-0.2, 0) is 11.3 Å². The quantitative estimate of drug-likeness (QED) is 0.828. The van der Waals surface area contributed by atoms with Crippen molar-refractivity contribution in [3.8, 4) is 5.75 Å². The van der Waals surface area contributed by atoms with E-state index in [-0.39, 0.29) is 5.91 Å². The Morgan fingerprint density at radius 1 is 1.30 bits per heavy atom. The molecule has 1 saturated heterocycles. The van der Waals surface area contributed by atoms with Crippen LogP contribution >= 0.6 is 0 Å². The molecule has 0 atom stereocenters. The molecule has 110 valence electrons. The lowest BCUT2D eigenvalue weighted by molar-refractivity contribution is -0.122. The fourth-order valence-corrected chi connectivity index (χ4v) is 2.26. The Kier molecular flexibility index (Phi) is 5.83. The minimum atomic E-state index is 0.0859. The van der Waals surface area contributed by atoms with Crippen molar-refractivity contribution >= 4 is 5.91 Å². The number of methoxy groups -OCH3 is 1. The van der Waals surface area contributed by atoms with Gasteiger partial charge in [-0.15, -0.1) is 0 Å². The number of amides is 1. The second-order valence-electron chi connectivity index (χ2n) is 5.00. The Morgan fingerprint density at radius 3 is 2.85 bits per heavy atom. The highest BCUT2D eigenvalue weighted by Gasteiger charge is 2.12. The van der Waals surface area contributed by atoms with Crippen LogP contribution in [-0.4, -0.2) is 50.6 Å². The number of benzene rings is 1. The van der Waals surface area contributed by atoms with E-state index in [1.807, 2.05) is 24.3 Å². The number of rotatable bonds is 5. The molecule has 0 saturated carbocycles. The van der Waals surface area contributed by atoms with Gasteiger partial charge in [0.05, 0.1) is 13.7 Å². The lowest BCUT2D eigenvalue weighted by atomic mass is 10.2. The summed E-state index contributed by atoms with van der Waals surface area (Å²) in [6.07, 6.45) is 1.10. The normalized spacial score (nSPS) is 16.4. The van der Waals surface area contributed by atoms with Crippen molar-refractivity contribution in [1.82, 2.24) is 15.5 Å². The van der Waals surface area contributed by atoms with E-state index in [9.17, 15) is 4.79 Å². The highest BCUT2D eigenvalue weighted by atomic mass is 16.5. The van der Waals surface area contributed by atoms with Crippen LogP contribution in [0.15, 0.2) is 24.3 Å². The number of nitrogens with one attached hydrogen (secondary N) is 2. The molecular weight excluding hydrogens is 254 g/mol. The smallest absolute Gasteiger partial charge is 0.234 e. The van der Waals surface area contributed by atoms with Crippen molar-refractivity contribution in [2.24, 2.45) is 0 Å². The molecule has 0 unspecified atom stereocenters. The molecule has 0 spiro atoms. The molecule has 1 amide bonds. The Balaban J connectivity index is 1.73. The van der Waals surface area contributed by atoms with Gasteiger partial charge in [0, 0.05) is 19.6 Å². The van der Waals surface area contributed by atoms with Crippen molar-refractivity contribution in [2.45, 2.75) is 13.0 Å². The van der Waals surface area contributed by atoms with Crippen LogP contribution in [0.3, 0.4) is 0 Å². The molecule has 1 fully saturated rings. The second kappa shape index (κ2) is 7.87. The Labute approximate surface area is 120 Å². The van der Waals surface area contributed by atoms with Crippen LogP contribution in [0.1, 0.15) is 12.0 Å². The summed E-state index contributed by atoms with van der Waals surface area (Å²) in [5.74, 6) is 0.917. The first-order chi connectivity index (χ1) is 9.78. The zero-order valence-electron chi connectivity index (χ0n) is 12.0. The van der Waals surface area contributed by atoms with Crippen LogP contribution in [0.5, 0.6) is 5.75 Å². The highest BCUT2D eigenvalue weighted by molar-refractivity contribution is 5.78. The first-order valence-electron chi connectivity index (χ1n) is 7.10. The topological polar surface area (TPSA) is 53.6 Å². The number of hydrogen-bond donors (Lipinski definition) is 2. The molecule has 1 aromatic carbocycles. The monoisotopic (exact) mass is 277 g/mol. The SMILES string of the molecule is COc1ccc(CNC(=O)CN2CCCNCC2)cc1. The van der Waals surface area contributed by atoms with Crippen LogP contribution in [0, 0.1) is 0 Å². The van der Waals surface area contributed by atoms with E-state index in [4.69, 9.17) is 4.74 Å². The molecule has 1 aliphatic rings. The molecule has 20 heavy (non-hydrogen) atoms. The van der Waals surface area contributed by atoms with E-state index in [0.29, 0.717) is 13.1 Å². The lowest BCUT2D eigenvalue weighted by Crippen LogP contribution is -2.38. The van der Waals surface area contributed by atoms with E-state index < -0.39 is 0 Å². The predicted octanol–water partition coefficient (Wildman–Crippen LogP) is 0.607. The maximum Gasteiger partial charge on any atom is 0.234 e. The Morgan fingerprint density at radius 2 is 2.10 bits per heavy atom. The molecule has 5 nitrogen and oxygen atoms in total. The number of nitrogens with zero attached hydrogens (tertiary/aromatic N) is 1. The van der Waals surface area contributed by atoms with Crippen molar-refractivity contribution in [1.29, 1.82) is 0 Å². The summed E-state index contributed by atoms with van der Waals surface area (Å²) in [4.78, 5) is 14.1. The first kappa shape index (κ1) is 14.8. The van der Waals surface area contributed by atoms with Crippen LogP contribution in [0.25, 0.3) is 0 Å². The summed E-state index contributed by atoms with van der Waals surface area (Å²) in [6.45, 7) is 4.99. The molecule has 1 heterocycles. The van der Waals surface area contributed by atoms with Crippen LogP contribution in [0.2, 0.25) is 0 Å². The van der Waals surface area contributed by atoms with E-state index in [2.05, 4.69) is 15.5 Å².